The Morgan fingerprint density at radius 2 is 1.41 bits per heavy atom. The first-order valence-electron chi connectivity index (χ1n) is 25.4. The van der Waals surface area contributed by atoms with Gasteiger partial charge in [0, 0.05) is 25.9 Å². The quantitative estimate of drug-likeness (QED) is 0.0453. The van der Waals surface area contributed by atoms with Crippen molar-refractivity contribution in [2.45, 2.75) is 182 Å². The summed E-state index contributed by atoms with van der Waals surface area (Å²) in [4.78, 5) is 51.0. The molecule has 1 unspecified atom stereocenters. The molecular weight excluding hydrogens is 815 g/mol. The van der Waals surface area contributed by atoms with E-state index in [9.17, 15) is 24.3 Å². The molecule has 0 spiro atoms. The molecule has 5 aliphatic carbocycles. The van der Waals surface area contributed by atoms with Crippen molar-refractivity contribution in [1.82, 2.24) is 5.06 Å². The molecule has 364 valence electrons. The summed E-state index contributed by atoms with van der Waals surface area (Å²) in [5.41, 5.74) is 2.60. The van der Waals surface area contributed by atoms with Crippen LogP contribution in [-0.4, -0.2) is 99.0 Å². The molecule has 1 heterocycles. The molecule has 6 rings (SSSR count). The maximum absolute atomic E-state index is 12.0. The summed E-state index contributed by atoms with van der Waals surface area (Å²) in [5, 5.41) is 10.7. The predicted octanol–water partition coefficient (Wildman–Crippen LogP) is 9.65. The molecule has 9 atom stereocenters. The number of rotatable bonds is 23. The largest absolute Gasteiger partial charge is 0.462 e. The third kappa shape index (κ3) is 15.5. The second-order valence-electron chi connectivity index (χ2n) is 20.6. The van der Waals surface area contributed by atoms with Gasteiger partial charge in [0.15, 0.2) is 0 Å². The van der Waals surface area contributed by atoms with Crippen LogP contribution in [0.5, 0.6) is 0 Å². The highest BCUT2D eigenvalue weighted by Gasteiger charge is 2.59. The van der Waals surface area contributed by atoms with E-state index >= 15 is 0 Å². The zero-order chi connectivity index (χ0) is 46.0. The van der Waals surface area contributed by atoms with Crippen LogP contribution in [0.4, 0.5) is 0 Å². The summed E-state index contributed by atoms with van der Waals surface area (Å²) < 4.78 is 27.1. The van der Waals surface area contributed by atoms with Crippen LogP contribution in [0.25, 0.3) is 0 Å². The Morgan fingerprint density at radius 3 is 2.11 bits per heavy atom. The van der Waals surface area contributed by atoms with Crippen LogP contribution in [-0.2, 0) is 47.7 Å². The maximum Gasteiger partial charge on any atom is 0.335 e. The van der Waals surface area contributed by atoms with Gasteiger partial charge in [-0.15, -0.1) is 5.06 Å². The third-order valence-corrected chi connectivity index (χ3v) is 15.7. The zero-order valence-corrected chi connectivity index (χ0v) is 40.3. The Balaban J connectivity index is 0.000000247. The number of nitrogens with zero attached hydrogens (tertiary/aromatic N) is 1. The number of hydrogen-bond acceptors (Lipinski definition) is 11. The molecule has 6 aliphatic rings. The van der Waals surface area contributed by atoms with Crippen molar-refractivity contribution in [3.63, 3.8) is 0 Å². The number of hydroxylamine groups is 2. The summed E-state index contributed by atoms with van der Waals surface area (Å²) in [6.45, 7) is 15.5. The number of allylic oxidation sites excluding steroid dienone is 3. The Morgan fingerprint density at radius 1 is 0.734 bits per heavy atom. The molecule has 1 saturated heterocycles. The van der Waals surface area contributed by atoms with Crippen LogP contribution in [0.1, 0.15) is 169 Å². The van der Waals surface area contributed by atoms with E-state index < -0.39 is 17.8 Å². The first kappa shape index (κ1) is 52.3. The van der Waals surface area contributed by atoms with Gasteiger partial charge in [-0.2, -0.15) is 0 Å². The van der Waals surface area contributed by atoms with Crippen molar-refractivity contribution in [1.29, 1.82) is 0 Å². The normalized spacial score (nSPS) is 31.1. The number of amides is 2. The average molecular weight is 900 g/mol. The minimum atomic E-state index is -0.696. The van der Waals surface area contributed by atoms with Gasteiger partial charge in [0.25, 0.3) is 11.8 Å². The van der Waals surface area contributed by atoms with Crippen molar-refractivity contribution < 1.29 is 52.8 Å². The fraction of sp³-hybridized carbons (Fsp3) is 0.846. The lowest BCUT2D eigenvalue weighted by Gasteiger charge is -2.58. The molecule has 1 N–H and O–H groups in total. The average Bonchev–Trinajstić information content (AvgIpc) is 3.77. The van der Waals surface area contributed by atoms with Crippen LogP contribution in [0.3, 0.4) is 0 Å². The number of esters is 1. The number of hydrogen-bond donors (Lipinski definition) is 1. The summed E-state index contributed by atoms with van der Waals surface area (Å²) >= 11 is 0. The maximum atomic E-state index is 12.0. The highest BCUT2D eigenvalue weighted by Crippen LogP contribution is 2.67. The van der Waals surface area contributed by atoms with Gasteiger partial charge < -0.3 is 33.6 Å². The van der Waals surface area contributed by atoms with Gasteiger partial charge in [-0.3, -0.25) is 14.4 Å². The standard InChI is InChI=1S/C27H46O.C25H39NO10/c1-18(2)7-6-8-19(3)23-11-12-24-22-10-9-20-17-21(28)13-15-26(20,4)25(22)14-16-27(23,24)5;27-22-10-11-23(28)26(22)36-25(30)12-14-32-16-18-34-20-19-33-17-15-31-13-6-9-24(29)35-21-7-4-2-1-3-5-8-21/h9,18-19,21-25,28H,6-8,10-17H2,1-5H3;1-2,21H,3-20H2/b;2-1+/t19-,21+,22+,23-,24+,25+,26+,27-;/m1./s1. The first-order valence-corrected chi connectivity index (χ1v) is 25.4. The highest BCUT2D eigenvalue weighted by molar-refractivity contribution is 6.01. The van der Waals surface area contributed by atoms with Gasteiger partial charge in [0.1, 0.15) is 6.10 Å². The molecule has 64 heavy (non-hydrogen) atoms. The van der Waals surface area contributed by atoms with Gasteiger partial charge in [-0.05, 0) is 136 Å². The zero-order valence-electron chi connectivity index (χ0n) is 40.3. The van der Waals surface area contributed by atoms with Gasteiger partial charge in [-0.25, -0.2) is 4.79 Å². The van der Waals surface area contributed by atoms with Gasteiger partial charge >= 0.3 is 11.9 Å². The second-order valence-corrected chi connectivity index (χ2v) is 20.6. The SMILES string of the molecule is CC(C)CCC[C@@H](C)[C@H]1CC[C@H]2[C@@H]3CC=C4C[C@@H](O)CC[C@]4(C)[C@H]3CC[C@]12C.O=C(CCCOCCOCCOCCOCCC(=O)ON1C(=O)CCC1=O)OC1CC/C=C/CCC1. The molecular formula is C52H85NO11. The van der Waals surface area contributed by atoms with E-state index in [0.29, 0.717) is 68.4 Å². The minimum Gasteiger partial charge on any atom is -0.462 e. The van der Waals surface area contributed by atoms with Crippen molar-refractivity contribution in [2.75, 3.05) is 52.9 Å². The van der Waals surface area contributed by atoms with Crippen molar-refractivity contribution in [3.05, 3.63) is 23.8 Å². The van der Waals surface area contributed by atoms with E-state index in [1.165, 1.54) is 57.8 Å². The van der Waals surface area contributed by atoms with E-state index in [2.05, 4.69) is 52.8 Å². The van der Waals surface area contributed by atoms with Crippen LogP contribution in [0.15, 0.2) is 23.8 Å². The van der Waals surface area contributed by atoms with Crippen molar-refractivity contribution in [3.8, 4) is 0 Å². The van der Waals surface area contributed by atoms with E-state index in [1.807, 2.05) is 0 Å². The Hall–Kier alpha value is -2.64. The molecule has 0 aromatic heterocycles. The van der Waals surface area contributed by atoms with E-state index in [0.717, 1.165) is 80.5 Å². The van der Waals surface area contributed by atoms with Crippen LogP contribution in [0, 0.1) is 46.3 Å². The molecule has 3 saturated carbocycles. The van der Waals surface area contributed by atoms with Crippen LogP contribution in [0.2, 0.25) is 0 Å². The van der Waals surface area contributed by atoms with Crippen LogP contribution >= 0.6 is 0 Å². The number of fused-ring (bicyclic) bond motifs is 5. The van der Waals surface area contributed by atoms with Gasteiger partial charge in [0.2, 0.25) is 0 Å². The highest BCUT2D eigenvalue weighted by atomic mass is 16.7. The number of aliphatic hydroxyl groups is 1. The van der Waals surface area contributed by atoms with E-state index in [-0.39, 0.29) is 50.7 Å². The predicted molar refractivity (Wildman–Crippen MR) is 245 cm³/mol. The van der Waals surface area contributed by atoms with E-state index in [1.54, 1.807) is 5.57 Å². The molecule has 12 heteroatoms. The van der Waals surface area contributed by atoms with E-state index in [4.69, 9.17) is 28.5 Å². The van der Waals surface area contributed by atoms with Crippen LogP contribution < -0.4 is 0 Å². The molecule has 4 fully saturated rings. The fourth-order valence-electron chi connectivity index (χ4n) is 12.2. The molecule has 12 nitrogen and oxygen atoms in total. The lowest BCUT2D eigenvalue weighted by molar-refractivity contribution is -0.198. The summed E-state index contributed by atoms with van der Waals surface area (Å²) in [6, 6.07) is 0. The lowest BCUT2D eigenvalue weighted by Crippen LogP contribution is -2.50. The Bertz CT molecular complexity index is 1510. The Labute approximate surface area is 385 Å². The summed E-state index contributed by atoms with van der Waals surface area (Å²) in [5.74, 6) is 3.59. The molecule has 0 aromatic rings. The first-order chi connectivity index (χ1) is 30.8. The number of aliphatic hydroxyl groups excluding tert-OH is 1. The number of imide groups is 1. The van der Waals surface area contributed by atoms with Gasteiger partial charge in [-0.1, -0.05) is 77.7 Å². The number of carbonyl (C=O) groups is 4. The smallest absolute Gasteiger partial charge is 0.335 e. The van der Waals surface area contributed by atoms with Crippen molar-refractivity contribution >= 4 is 23.8 Å². The lowest BCUT2D eigenvalue weighted by atomic mass is 9.47. The second kappa shape index (κ2) is 26.6. The minimum absolute atomic E-state index is 0.0371. The number of carbonyl (C=O) groups excluding carboxylic acids is 4. The summed E-state index contributed by atoms with van der Waals surface area (Å²) in [6.07, 6.45) is 27.5. The molecule has 1 aliphatic heterocycles. The fourth-order valence-corrected chi connectivity index (χ4v) is 12.2. The third-order valence-electron chi connectivity index (χ3n) is 15.7. The Kier molecular flexibility index (Phi) is 21.8. The number of ether oxygens (including phenoxy) is 5. The molecule has 0 bridgehead atoms. The summed E-state index contributed by atoms with van der Waals surface area (Å²) in [7, 11) is 0. The molecule has 2 amide bonds. The van der Waals surface area contributed by atoms with Crippen molar-refractivity contribution in [2.24, 2.45) is 46.3 Å². The topological polar surface area (TPSA) is 147 Å². The molecule has 0 radical (unpaired) electrons. The molecule has 0 aromatic carbocycles. The monoisotopic (exact) mass is 900 g/mol. The van der Waals surface area contributed by atoms with Gasteiger partial charge in [0.05, 0.1) is 58.8 Å².